The Bertz CT molecular complexity index is 274. The molecule has 2 atom stereocenters. The Kier molecular flexibility index (Phi) is 6.45. The zero-order valence-electron chi connectivity index (χ0n) is 11.4. The fraction of sp³-hybridized carbons (Fsp3) is 0.833. The maximum atomic E-state index is 11.4. The minimum atomic E-state index is -0.459. The molecule has 3 N–H and O–H groups in total. The Balaban J connectivity index is 3.88. The molecule has 0 aromatic heterocycles. The molecule has 0 rings (SSSR count). The molecule has 0 aliphatic carbocycles. The van der Waals surface area contributed by atoms with Crippen LogP contribution in [0.1, 0.15) is 41.0 Å². The van der Waals surface area contributed by atoms with Crippen LogP contribution in [0.4, 0.5) is 4.79 Å². The van der Waals surface area contributed by atoms with Crippen LogP contribution < -0.4 is 11.1 Å². The van der Waals surface area contributed by atoms with Gasteiger partial charge in [-0.3, -0.25) is 0 Å². The summed E-state index contributed by atoms with van der Waals surface area (Å²) in [6.07, 6.45) is 0.484. The lowest BCUT2D eigenvalue weighted by Crippen LogP contribution is -2.35. The number of carbonyl (C=O) groups excluding carboxylic acids is 1. The van der Waals surface area contributed by atoms with Gasteiger partial charge in [0, 0.05) is 12.5 Å². The zero-order chi connectivity index (χ0) is 13.6. The second kappa shape index (κ2) is 6.79. The van der Waals surface area contributed by atoms with E-state index in [1.54, 1.807) is 0 Å². The first-order chi connectivity index (χ1) is 7.61. The summed E-state index contributed by atoms with van der Waals surface area (Å²) < 4.78 is 5.14. The van der Waals surface area contributed by atoms with Crippen LogP contribution in [0.2, 0.25) is 0 Å². The highest BCUT2D eigenvalue weighted by molar-refractivity contribution is 7.80. The average Bonchev–Trinajstić information content (AvgIpc) is 2.11. The van der Waals surface area contributed by atoms with E-state index in [0.717, 1.165) is 6.42 Å². The maximum Gasteiger partial charge on any atom is 0.407 e. The zero-order valence-corrected chi connectivity index (χ0v) is 12.2. The molecular formula is C12H24N2O2S. The van der Waals surface area contributed by atoms with Crippen LogP contribution >= 0.6 is 12.2 Å². The van der Waals surface area contributed by atoms with Gasteiger partial charge in [0.15, 0.2) is 0 Å². The summed E-state index contributed by atoms with van der Waals surface area (Å²) in [6.45, 7) is 10.1. The first-order valence-electron chi connectivity index (χ1n) is 5.88. The van der Waals surface area contributed by atoms with E-state index in [1.807, 2.05) is 34.6 Å². The third-order valence-corrected chi connectivity index (χ3v) is 2.64. The SMILES string of the molecule is CC(CNC(=O)OC(C)(C)C)CC(C)C(N)=S. The van der Waals surface area contributed by atoms with Gasteiger partial charge in [0.1, 0.15) is 5.60 Å². The molecule has 0 heterocycles. The molecule has 100 valence electrons. The fourth-order valence-corrected chi connectivity index (χ4v) is 1.47. The van der Waals surface area contributed by atoms with Crippen molar-refractivity contribution in [3.8, 4) is 0 Å². The molecule has 0 aliphatic rings. The molecule has 5 heteroatoms. The largest absolute Gasteiger partial charge is 0.444 e. The van der Waals surface area contributed by atoms with Crippen LogP contribution in [0.3, 0.4) is 0 Å². The molecule has 0 saturated carbocycles. The molecule has 1 amide bonds. The minimum Gasteiger partial charge on any atom is -0.444 e. The molecule has 0 radical (unpaired) electrons. The number of hydrogen-bond acceptors (Lipinski definition) is 3. The van der Waals surface area contributed by atoms with E-state index in [9.17, 15) is 4.79 Å². The maximum absolute atomic E-state index is 11.4. The molecular weight excluding hydrogens is 236 g/mol. The van der Waals surface area contributed by atoms with Crippen molar-refractivity contribution >= 4 is 23.3 Å². The predicted molar refractivity (Wildman–Crippen MR) is 74.0 cm³/mol. The number of hydrogen-bond donors (Lipinski definition) is 2. The molecule has 0 aliphatic heterocycles. The van der Waals surface area contributed by atoms with Crippen LogP contribution in [0.5, 0.6) is 0 Å². The highest BCUT2D eigenvalue weighted by Gasteiger charge is 2.17. The first kappa shape index (κ1) is 16.2. The van der Waals surface area contributed by atoms with E-state index in [2.05, 4.69) is 5.32 Å². The average molecular weight is 260 g/mol. The van der Waals surface area contributed by atoms with Crippen LogP contribution in [-0.2, 0) is 4.74 Å². The molecule has 0 spiro atoms. The van der Waals surface area contributed by atoms with Gasteiger partial charge in [-0.15, -0.1) is 0 Å². The Morgan fingerprint density at radius 1 is 1.41 bits per heavy atom. The van der Waals surface area contributed by atoms with E-state index in [0.29, 0.717) is 17.5 Å². The van der Waals surface area contributed by atoms with Crippen molar-refractivity contribution in [2.75, 3.05) is 6.54 Å². The van der Waals surface area contributed by atoms with E-state index in [4.69, 9.17) is 22.7 Å². The monoisotopic (exact) mass is 260 g/mol. The second-order valence-electron chi connectivity index (χ2n) is 5.53. The number of alkyl carbamates (subject to hydrolysis) is 1. The normalized spacial score (nSPS) is 14.9. The number of nitrogens with one attached hydrogen (secondary N) is 1. The fourth-order valence-electron chi connectivity index (χ4n) is 1.37. The smallest absolute Gasteiger partial charge is 0.407 e. The number of carbonyl (C=O) groups is 1. The summed E-state index contributed by atoms with van der Waals surface area (Å²) in [4.78, 5) is 11.9. The highest BCUT2D eigenvalue weighted by atomic mass is 32.1. The Hall–Kier alpha value is -0.840. The van der Waals surface area contributed by atoms with Gasteiger partial charge in [-0.05, 0) is 33.1 Å². The molecule has 0 fully saturated rings. The Morgan fingerprint density at radius 3 is 2.35 bits per heavy atom. The van der Waals surface area contributed by atoms with Gasteiger partial charge in [0.2, 0.25) is 0 Å². The predicted octanol–water partition coefficient (Wildman–Crippen LogP) is 2.46. The van der Waals surface area contributed by atoms with Crippen molar-refractivity contribution in [1.29, 1.82) is 0 Å². The lowest BCUT2D eigenvalue weighted by Gasteiger charge is -2.21. The van der Waals surface area contributed by atoms with Crippen LogP contribution in [0.25, 0.3) is 0 Å². The van der Waals surface area contributed by atoms with E-state index >= 15 is 0 Å². The molecule has 0 bridgehead atoms. The van der Waals surface area contributed by atoms with Crippen LogP contribution in [0.15, 0.2) is 0 Å². The summed E-state index contributed by atoms with van der Waals surface area (Å²) in [5.74, 6) is 0.513. The molecule has 0 aromatic carbocycles. The highest BCUT2D eigenvalue weighted by Crippen LogP contribution is 2.12. The Labute approximate surface area is 109 Å². The van der Waals surface area contributed by atoms with Crippen molar-refractivity contribution < 1.29 is 9.53 Å². The van der Waals surface area contributed by atoms with Gasteiger partial charge in [-0.25, -0.2) is 4.79 Å². The third-order valence-electron chi connectivity index (χ3n) is 2.24. The van der Waals surface area contributed by atoms with Crippen molar-refractivity contribution in [3.05, 3.63) is 0 Å². The van der Waals surface area contributed by atoms with Gasteiger partial charge in [0.25, 0.3) is 0 Å². The standard InChI is InChI=1S/C12H24N2O2S/c1-8(6-9(2)10(13)17)7-14-11(15)16-12(3,4)5/h8-9H,6-7H2,1-5H3,(H2,13,17)(H,14,15). The van der Waals surface area contributed by atoms with Crippen LogP contribution in [0, 0.1) is 11.8 Å². The van der Waals surface area contributed by atoms with Gasteiger partial charge in [0.05, 0.1) is 4.99 Å². The van der Waals surface area contributed by atoms with Crippen molar-refractivity contribution in [1.82, 2.24) is 5.32 Å². The quantitative estimate of drug-likeness (QED) is 0.745. The summed E-state index contributed by atoms with van der Waals surface area (Å²) >= 11 is 4.91. The molecule has 17 heavy (non-hydrogen) atoms. The van der Waals surface area contributed by atoms with Crippen molar-refractivity contribution in [2.24, 2.45) is 17.6 Å². The number of nitrogens with two attached hydrogens (primary N) is 1. The lowest BCUT2D eigenvalue weighted by atomic mass is 9.97. The van der Waals surface area contributed by atoms with Crippen molar-refractivity contribution in [2.45, 2.75) is 46.6 Å². The molecule has 4 nitrogen and oxygen atoms in total. The second-order valence-corrected chi connectivity index (χ2v) is 6.00. The number of ether oxygens (including phenoxy) is 1. The third kappa shape index (κ3) is 8.92. The van der Waals surface area contributed by atoms with E-state index < -0.39 is 5.60 Å². The Morgan fingerprint density at radius 2 is 1.94 bits per heavy atom. The molecule has 2 unspecified atom stereocenters. The lowest BCUT2D eigenvalue weighted by molar-refractivity contribution is 0.0519. The first-order valence-corrected chi connectivity index (χ1v) is 6.29. The summed E-state index contributed by atoms with van der Waals surface area (Å²) in [5, 5.41) is 2.74. The minimum absolute atomic E-state index is 0.195. The molecule has 0 aromatic rings. The molecule has 0 saturated heterocycles. The summed E-state index contributed by atoms with van der Waals surface area (Å²) in [5.41, 5.74) is 5.08. The summed E-state index contributed by atoms with van der Waals surface area (Å²) in [6, 6.07) is 0. The van der Waals surface area contributed by atoms with E-state index in [1.165, 1.54) is 0 Å². The van der Waals surface area contributed by atoms with Gasteiger partial charge >= 0.3 is 6.09 Å². The number of thiocarbonyl (C=S) groups is 1. The number of rotatable bonds is 5. The van der Waals surface area contributed by atoms with Gasteiger partial charge in [-0.2, -0.15) is 0 Å². The topological polar surface area (TPSA) is 64.3 Å². The van der Waals surface area contributed by atoms with Crippen LogP contribution in [-0.4, -0.2) is 23.2 Å². The van der Waals surface area contributed by atoms with E-state index in [-0.39, 0.29) is 12.0 Å². The van der Waals surface area contributed by atoms with Gasteiger partial charge in [-0.1, -0.05) is 26.1 Å². The summed E-state index contributed by atoms with van der Waals surface area (Å²) in [7, 11) is 0. The van der Waals surface area contributed by atoms with Gasteiger partial charge < -0.3 is 15.8 Å². The number of amides is 1. The van der Waals surface area contributed by atoms with Crippen molar-refractivity contribution in [3.63, 3.8) is 0 Å².